The summed E-state index contributed by atoms with van der Waals surface area (Å²) in [5, 5.41) is 14.5. The Morgan fingerprint density at radius 1 is 0.920 bits per heavy atom. The summed E-state index contributed by atoms with van der Waals surface area (Å²) in [7, 11) is 0. The van der Waals surface area contributed by atoms with Gasteiger partial charge in [0, 0.05) is 12.2 Å². The van der Waals surface area contributed by atoms with Gasteiger partial charge in [-0.05, 0) is 28.7 Å². The Labute approximate surface area is 148 Å². The van der Waals surface area contributed by atoms with Gasteiger partial charge in [0.15, 0.2) is 5.82 Å². The molecule has 25 heavy (non-hydrogen) atoms. The van der Waals surface area contributed by atoms with E-state index in [2.05, 4.69) is 83.0 Å². The highest BCUT2D eigenvalue weighted by Crippen LogP contribution is 2.24. The number of nitrogens with one attached hydrogen (secondary N) is 2. The molecule has 0 fully saturated rings. The maximum Gasteiger partial charge on any atom is 0.244 e. The fourth-order valence-electron chi connectivity index (χ4n) is 2.42. The van der Waals surface area contributed by atoms with E-state index in [1.165, 1.54) is 11.1 Å². The van der Waals surface area contributed by atoms with Gasteiger partial charge in [0.2, 0.25) is 5.95 Å². The van der Waals surface area contributed by atoms with Gasteiger partial charge in [-0.15, -0.1) is 5.10 Å². The molecular formula is C20H23N5. The zero-order valence-corrected chi connectivity index (χ0v) is 14.8. The Balaban J connectivity index is 1.65. The van der Waals surface area contributed by atoms with Crippen molar-refractivity contribution in [1.82, 2.24) is 15.2 Å². The van der Waals surface area contributed by atoms with Crippen molar-refractivity contribution in [3.05, 3.63) is 71.9 Å². The van der Waals surface area contributed by atoms with Gasteiger partial charge >= 0.3 is 0 Å². The van der Waals surface area contributed by atoms with Gasteiger partial charge < -0.3 is 10.6 Å². The van der Waals surface area contributed by atoms with Crippen LogP contribution in [0.1, 0.15) is 31.9 Å². The van der Waals surface area contributed by atoms with Crippen LogP contribution in [-0.2, 0) is 12.0 Å². The first kappa shape index (κ1) is 16.9. The lowest BCUT2D eigenvalue weighted by Gasteiger charge is -2.19. The normalized spacial score (nSPS) is 11.2. The number of hydrogen-bond acceptors (Lipinski definition) is 5. The van der Waals surface area contributed by atoms with Crippen LogP contribution < -0.4 is 10.6 Å². The highest BCUT2D eigenvalue weighted by molar-refractivity contribution is 5.56. The van der Waals surface area contributed by atoms with Crippen LogP contribution in [0.25, 0.3) is 0 Å². The molecule has 2 aromatic carbocycles. The van der Waals surface area contributed by atoms with Gasteiger partial charge in [-0.1, -0.05) is 63.2 Å². The van der Waals surface area contributed by atoms with Crippen LogP contribution >= 0.6 is 0 Å². The van der Waals surface area contributed by atoms with Gasteiger partial charge in [-0.25, -0.2) is 0 Å². The molecule has 0 aliphatic heterocycles. The fourth-order valence-corrected chi connectivity index (χ4v) is 2.42. The van der Waals surface area contributed by atoms with Crippen molar-refractivity contribution in [2.75, 3.05) is 10.6 Å². The van der Waals surface area contributed by atoms with E-state index in [0.29, 0.717) is 18.3 Å². The molecule has 0 spiro atoms. The van der Waals surface area contributed by atoms with Crippen molar-refractivity contribution < 1.29 is 0 Å². The second-order valence-electron chi connectivity index (χ2n) is 6.96. The average Bonchev–Trinajstić information content (AvgIpc) is 2.61. The van der Waals surface area contributed by atoms with Crippen LogP contribution in [0.3, 0.4) is 0 Å². The maximum atomic E-state index is 4.46. The molecule has 0 aliphatic rings. The summed E-state index contributed by atoms with van der Waals surface area (Å²) in [6.07, 6.45) is 1.62. The second-order valence-corrected chi connectivity index (χ2v) is 6.96. The third kappa shape index (κ3) is 4.76. The predicted octanol–water partition coefficient (Wildman–Crippen LogP) is 4.52. The minimum atomic E-state index is 0.142. The molecule has 0 unspecified atom stereocenters. The molecule has 0 amide bonds. The summed E-state index contributed by atoms with van der Waals surface area (Å²) in [6.45, 7) is 7.27. The Morgan fingerprint density at radius 3 is 2.32 bits per heavy atom. The molecule has 128 valence electrons. The van der Waals surface area contributed by atoms with E-state index in [1.807, 2.05) is 18.2 Å². The van der Waals surface area contributed by atoms with Gasteiger partial charge in [-0.2, -0.15) is 10.1 Å². The van der Waals surface area contributed by atoms with Crippen molar-refractivity contribution in [3.63, 3.8) is 0 Å². The third-order valence-electron chi connectivity index (χ3n) is 3.88. The van der Waals surface area contributed by atoms with Crippen molar-refractivity contribution >= 4 is 17.5 Å². The summed E-state index contributed by atoms with van der Waals surface area (Å²) >= 11 is 0. The molecule has 3 rings (SSSR count). The first-order chi connectivity index (χ1) is 12.0. The van der Waals surface area contributed by atoms with E-state index >= 15 is 0 Å². The molecule has 0 aliphatic carbocycles. The smallest absolute Gasteiger partial charge is 0.244 e. The quantitative estimate of drug-likeness (QED) is 0.718. The first-order valence-corrected chi connectivity index (χ1v) is 8.36. The van der Waals surface area contributed by atoms with E-state index in [1.54, 1.807) is 6.20 Å². The lowest BCUT2D eigenvalue weighted by atomic mass is 9.87. The second kappa shape index (κ2) is 7.30. The number of anilines is 3. The lowest BCUT2D eigenvalue weighted by molar-refractivity contribution is 0.590. The van der Waals surface area contributed by atoms with Gasteiger partial charge in [0.05, 0.1) is 6.20 Å². The van der Waals surface area contributed by atoms with Crippen molar-refractivity contribution in [1.29, 1.82) is 0 Å². The van der Waals surface area contributed by atoms with Crippen molar-refractivity contribution in [3.8, 4) is 0 Å². The van der Waals surface area contributed by atoms with Crippen LogP contribution in [0.2, 0.25) is 0 Å². The first-order valence-electron chi connectivity index (χ1n) is 8.36. The summed E-state index contributed by atoms with van der Waals surface area (Å²) in [6, 6.07) is 18.5. The van der Waals surface area contributed by atoms with Crippen molar-refractivity contribution in [2.45, 2.75) is 32.7 Å². The molecular weight excluding hydrogens is 310 g/mol. The van der Waals surface area contributed by atoms with E-state index < -0.39 is 0 Å². The Kier molecular flexibility index (Phi) is 4.93. The summed E-state index contributed by atoms with van der Waals surface area (Å²) in [5.41, 5.74) is 3.58. The number of nitrogens with zero attached hydrogens (tertiary/aromatic N) is 3. The molecule has 0 radical (unpaired) electrons. The zero-order chi connectivity index (χ0) is 17.7. The largest absolute Gasteiger partial charge is 0.349 e. The number of aromatic nitrogens is 3. The predicted molar refractivity (Wildman–Crippen MR) is 102 cm³/mol. The molecule has 5 heteroatoms. The van der Waals surface area contributed by atoms with Crippen LogP contribution in [-0.4, -0.2) is 15.2 Å². The Bertz CT molecular complexity index is 807. The molecule has 0 bridgehead atoms. The molecule has 1 heterocycles. The standard InChI is InChI=1S/C20H23N5/c1-20(2,3)16-9-11-17(12-10-16)23-18-14-22-25-19(24-18)21-13-15-7-5-4-6-8-15/h4-12,14H,13H2,1-3H3,(H2,21,23,24,25). The molecule has 0 saturated heterocycles. The van der Waals surface area contributed by atoms with Gasteiger partial charge in [0.25, 0.3) is 0 Å². The zero-order valence-electron chi connectivity index (χ0n) is 14.8. The fraction of sp³-hybridized carbons (Fsp3) is 0.250. The van der Waals surface area contributed by atoms with Crippen LogP contribution in [0.4, 0.5) is 17.5 Å². The molecule has 5 nitrogen and oxygen atoms in total. The van der Waals surface area contributed by atoms with Gasteiger partial charge in [0.1, 0.15) is 0 Å². The lowest BCUT2D eigenvalue weighted by Crippen LogP contribution is -2.10. The molecule has 0 saturated carbocycles. The average molecular weight is 333 g/mol. The third-order valence-corrected chi connectivity index (χ3v) is 3.88. The summed E-state index contributed by atoms with van der Waals surface area (Å²) < 4.78 is 0. The van der Waals surface area contributed by atoms with Crippen molar-refractivity contribution in [2.24, 2.45) is 0 Å². The molecule has 1 aromatic heterocycles. The minimum absolute atomic E-state index is 0.142. The monoisotopic (exact) mass is 333 g/mol. The van der Waals surface area contributed by atoms with Crippen LogP contribution in [0.15, 0.2) is 60.8 Å². The Morgan fingerprint density at radius 2 is 1.64 bits per heavy atom. The number of rotatable bonds is 5. The highest BCUT2D eigenvalue weighted by atomic mass is 15.3. The minimum Gasteiger partial charge on any atom is -0.349 e. The molecule has 2 N–H and O–H groups in total. The maximum absolute atomic E-state index is 4.46. The number of benzene rings is 2. The number of hydrogen-bond donors (Lipinski definition) is 2. The van der Waals surface area contributed by atoms with E-state index in [4.69, 9.17) is 0 Å². The SMILES string of the molecule is CC(C)(C)c1ccc(Nc2cnnc(NCc3ccccc3)n2)cc1. The molecule has 3 aromatic rings. The Hall–Kier alpha value is -2.95. The van der Waals surface area contributed by atoms with Crippen LogP contribution in [0.5, 0.6) is 0 Å². The summed E-state index contributed by atoms with van der Waals surface area (Å²) in [5.74, 6) is 1.16. The molecule has 0 atom stereocenters. The van der Waals surface area contributed by atoms with Crippen LogP contribution in [0, 0.1) is 0 Å². The topological polar surface area (TPSA) is 62.7 Å². The van der Waals surface area contributed by atoms with E-state index in [-0.39, 0.29) is 5.41 Å². The van der Waals surface area contributed by atoms with E-state index in [0.717, 1.165) is 5.69 Å². The van der Waals surface area contributed by atoms with Gasteiger partial charge in [-0.3, -0.25) is 0 Å². The summed E-state index contributed by atoms with van der Waals surface area (Å²) in [4.78, 5) is 4.46. The van der Waals surface area contributed by atoms with E-state index in [9.17, 15) is 0 Å². The highest BCUT2D eigenvalue weighted by Gasteiger charge is 2.12.